The molecule has 1 aliphatic carbocycles. The second kappa shape index (κ2) is 6.02. The fraction of sp³-hybridized carbons (Fsp3) is 0.909. The number of carbonyl (C=O) groups is 1. The van der Waals surface area contributed by atoms with E-state index in [1.165, 1.54) is 0 Å². The van der Waals surface area contributed by atoms with Gasteiger partial charge in [-0.15, -0.1) is 0 Å². The molecule has 1 aliphatic rings. The van der Waals surface area contributed by atoms with E-state index in [0.717, 1.165) is 38.6 Å². The molecule has 14 heavy (non-hydrogen) atoms. The molecule has 3 nitrogen and oxygen atoms in total. The number of aliphatic hydroxyl groups excluding tert-OH is 1. The van der Waals surface area contributed by atoms with E-state index in [-0.39, 0.29) is 12.0 Å². The second-order valence-electron chi connectivity index (χ2n) is 4.24. The summed E-state index contributed by atoms with van der Waals surface area (Å²) < 4.78 is 0. The molecule has 82 valence electrons. The zero-order chi connectivity index (χ0) is 10.4. The third-order valence-electron chi connectivity index (χ3n) is 2.86. The van der Waals surface area contributed by atoms with Crippen molar-refractivity contribution >= 4 is 5.91 Å². The summed E-state index contributed by atoms with van der Waals surface area (Å²) in [6.45, 7) is 2.83. The van der Waals surface area contributed by atoms with Gasteiger partial charge in [-0.05, 0) is 31.6 Å². The molecular formula is C11H21NO2. The zero-order valence-corrected chi connectivity index (χ0v) is 8.96. The van der Waals surface area contributed by atoms with Crippen LogP contribution in [0.1, 0.15) is 45.4 Å². The molecule has 1 fully saturated rings. The van der Waals surface area contributed by atoms with Crippen LogP contribution in [0.3, 0.4) is 0 Å². The normalized spacial score (nSPS) is 26.4. The topological polar surface area (TPSA) is 49.3 Å². The quantitative estimate of drug-likeness (QED) is 0.704. The molecule has 0 aromatic rings. The van der Waals surface area contributed by atoms with Crippen LogP contribution in [0.15, 0.2) is 0 Å². The predicted molar refractivity (Wildman–Crippen MR) is 55.9 cm³/mol. The van der Waals surface area contributed by atoms with Gasteiger partial charge in [-0.25, -0.2) is 0 Å². The Hall–Kier alpha value is -0.570. The van der Waals surface area contributed by atoms with Crippen LogP contribution >= 0.6 is 0 Å². The Morgan fingerprint density at radius 2 is 2.29 bits per heavy atom. The fourth-order valence-electron chi connectivity index (χ4n) is 1.92. The van der Waals surface area contributed by atoms with Gasteiger partial charge in [0.1, 0.15) is 0 Å². The van der Waals surface area contributed by atoms with Crippen molar-refractivity contribution in [2.75, 3.05) is 6.54 Å². The van der Waals surface area contributed by atoms with Crippen molar-refractivity contribution in [2.24, 2.45) is 5.92 Å². The molecule has 2 unspecified atom stereocenters. The largest absolute Gasteiger partial charge is 0.393 e. The molecule has 3 heteroatoms. The van der Waals surface area contributed by atoms with Gasteiger partial charge in [0.25, 0.3) is 0 Å². The third kappa shape index (κ3) is 4.09. The van der Waals surface area contributed by atoms with Crippen LogP contribution in [0.25, 0.3) is 0 Å². The van der Waals surface area contributed by atoms with Crippen molar-refractivity contribution in [2.45, 2.75) is 51.6 Å². The number of unbranched alkanes of at least 4 members (excludes halogenated alkanes) is 1. The van der Waals surface area contributed by atoms with Crippen LogP contribution < -0.4 is 5.32 Å². The van der Waals surface area contributed by atoms with Crippen LogP contribution in [0.5, 0.6) is 0 Å². The highest BCUT2D eigenvalue weighted by atomic mass is 16.3. The van der Waals surface area contributed by atoms with Crippen molar-refractivity contribution in [3.63, 3.8) is 0 Å². The molecule has 0 aliphatic heterocycles. The van der Waals surface area contributed by atoms with Gasteiger partial charge in [-0.3, -0.25) is 4.79 Å². The van der Waals surface area contributed by atoms with Gasteiger partial charge < -0.3 is 10.4 Å². The lowest BCUT2D eigenvalue weighted by Gasteiger charge is -2.10. The Labute approximate surface area is 85.9 Å². The van der Waals surface area contributed by atoms with Crippen LogP contribution in [0, 0.1) is 5.92 Å². The molecule has 0 spiro atoms. The molecule has 0 heterocycles. The molecule has 1 rings (SSSR count). The smallest absolute Gasteiger partial charge is 0.220 e. The van der Waals surface area contributed by atoms with Gasteiger partial charge in [0, 0.05) is 13.0 Å². The first-order valence-corrected chi connectivity index (χ1v) is 5.67. The lowest BCUT2D eigenvalue weighted by molar-refractivity contribution is -0.121. The Bertz CT molecular complexity index is 182. The van der Waals surface area contributed by atoms with E-state index in [4.69, 9.17) is 0 Å². The van der Waals surface area contributed by atoms with E-state index >= 15 is 0 Å². The van der Waals surface area contributed by atoms with Crippen molar-refractivity contribution in [3.05, 3.63) is 0 Å². The molecule has 0 aromatic heterocycles. The summed E-state index contributed by atoms with van der Waals surface area (Å²) in [6.07, 6.45) is 5.35. The van der Waals surface area contributed by atoms with Gasteiger partial charge in [0.15, 0.2) is 0 Å². The Kier molecular flexibility index (Phi) is 4.94. The van der Waals surface area contributed by atoms with Gasteiger partial charge in [0.05, 0.1) is 6.10 Å². The highest BCUT2D eigenvalue weighted by Gasteiger charge is 2.22. The molecule has 0 aromatic carbocycles. The predicted octanol–water partition coefficient (Wildman–Crippen LogP) is 1.45. The maximum absolute atomic E-state index is 11.3. The first-order valence-electron chi connectivity index (χ1n) is 5.67. The van der Waals surface area contributed by atoms with E-state index in [2.05, 4.69) is 12.2 Å². The lowest BCUT2D eigenvalue weighted by atomic mass is 10.1. The van der Waals surface area contributed by atoms with Crippen molar-refractivity contribution < 1.29 is 9.90 Å². The fourth-order valence-corrected chi connectivity index (χ4v) is 1.92. The zero-order valence-electron chi connectivity index (χ0n) is 8.96. The average Bonchev–Trinajstić information content (AvgIpc) is 2.58. The van der Waals surface area contributed by atoms with E-state index < -0.39 is 0 Å². The minimum atomic E-state index is -0.132. The average molecular weight is 199 g/mol. The maximum atomic E-state index is 11.3. The van der Waals surface area contributed by atoms with Crippen LogP contribution in [-0.2, 0) is 4.79 Å². The first-order chi connectivity index (χ1) is 6.72. The number of hydrogen-bond donors (Lipinski definition) is 2. The number of nitrogens with one attached hydrogen (secondary N) is 1. The van der Waals surface area contributed by atoms with E-state index in [9.17, 15) is 9.90 Å². The van der Waals surface area contributed by atoms with Gasteiger partial charge in [-0.2, -0.15) is 0 Å². The van der Waals surface area contributed by atoms with Crippen LogP contribution in [0.4, 0.5) is 0 Å². The summed E-state index contributed by atoms with van der Waals surface area (Å²) in [5.74, 6) is 0.656. The number of carbonyl (C=O) groups excluding carboxylic acids is 1. The summed E-state index contributed by atoms with van der Waals surface area (Å²) in [5, 5.41) is 12.2. The molecule has 1 amide bonds. The molecule has 1 saturated carbocycles. The molecule has 2 atom stereocenters. The third-order valence-corrected chi connectivity index (χ3v) is 2.86. The Morgan fingerprint density at radius 3 is 2.86 bits per heavy atom. The molecule has 0 bridgehead atoms. The minimum absolute atomic E-state index is 0.132. The van der Waals surface area contributed by atoms with E-state index in [0.29, 0.717) is 12.3 Å². The molecular weight excluding hydrogens is 178 g/mol. The summed E-state index contributed by atoms with van der Waals surface area (Å²) in [5.41, 5.74) is 0. The number of amides is 1. The second-order valence-corrected chi connectivity index (χ2v) is 4.24. The van der Waals surface area contributed by atoms with Gasteiger partial charge in [0.2, 0.25) is 5.91 Å². The minimum Gasteiger partial charge on any atom is -0.393 e. The highest BCUT2D eigenvalue weighted by Crippen LogP contribution is 2.24. The monoisotopic (exact) mass is 199 g/mol. The van der Waals surface area contributed by atoms with Crippen LogP contribution in [0.2, 0.25) is 0 Å². The van der Waals surface area contributed by atoms with Crippen molar-refractivity contribution in [1.82, 2.24) is 5.32 Å². The van der Waals surface area contributed by atoms with E-state index in [1.54, 1.807) is 0 Å². The van der Waals surface area contributed by atoms with Crippen LogP contribution in [-0.4, -0.2) is 23.7 Å². The van der Waals surface area contributed by atoms with Crippen molar-refractivity contribution in [1.29, 1.82) is 0 Å². The number of aliphatic hydroxyl groups is 1. The molecule has 0 radical (unpaired) electrons. The number of hydrogen-bond acceptors (Lipinski definition) is 2. The number of rotatable bonds is 5. The van der Waals surface area contributed by atoms with Gasteiger partial charge in [-0.1, -0.05) is 13.3 Å². The summed E-state index contributed by atoms with van der Waals surface area (Å²) >= 11 is 0. The van der Waals surface area contributed by atoms with E-state index in [1.807, 2.05) is 0 Å². The summed E-state index contributed by atoms with van der Waals surface area (Å²) in [4.78, 5) is 11.3. The Morgan fingerprint density at radius 1 is 1.50 bits per heavy atom. The lowest BCUT2D eigenvalue weighted by Crippen LogP contribution is -2.28. The summed E-state index contributed by atoms with van der Waals surface area (Å²) in [6, 6.07) is 0. The SMILES string of the molecule is CCCCC(=O)NCC1CCC(O)C1. The first kappa shape index (κ1) is 11.5. The van der Waals surface area contributed by atoms with Gasteiger partial charge >= 0.3 is 0 Å². The molecule has 0 saturated heterocycles. The summed E-state index contributed by atoms with van der Waals surface area (Å²) in [7, 11) is 0. The molecule has 2 N–H and O–H groups in total. The van der Waals surface area contributed by atoms with Crippen molar-refractivity contribution in [3.8, 4) is 0 Å². The Balaban J connectivity index is 2.05. The standard InChI is InChI=1S/C11H21NO2/c1-2-3-4-11(14)12-8-9-5-6-10(13)7-9/h9-10,13H,2-8H2,1H3,(H,12,14). The highest BCUT2D eigenvalue weighted by molar-refractivity contribution is 5.75. The maximum Gasteiger partial charge on any atom is 0.220 e.